The monoisotopic (exact) mass is 499 g/mol. The highest BCUT2D eigenvalue weighted by Crippen LogP contribution is 2.65. The molecule has 0 saturated carbocycles. The van der Waals surface area contributed by atoms with E-state index in [0.717, 1.165) is 39.2 Å². The van der Waals surface area contributed by atoms with Crippen molar-refractivity contribution in [3.63, 3.8) is 0 Å². The van der Waals surface area contributed by atoms with E-state index < -0.39 is 5.41 Å². The van der Waals surface area contributed by atoms with Gasteiger partial charge < -0.3 is 10.4 Å². The fourth-order valence-electron chi connectivity index (χ4n) is 6.83. The summed E-state index contributed by atoms with van der Waals surface area (Å²) in [7, 11) is 0. The highest BCUT2D eigenvalue weighted by molar-refractivity contribution is 5.99. The molecular weight excluding hydrogens is 474 g/mol. The van der Waals surface area contributed by atoms with Crippen molar-refractivity contribution in [3.8, 4) is 39.1 Å². The van der Waals surface area contributed by atoms with Gasteiger partial charge in [0.25, 0.3) is 0 Å². The zero-order valence-corrected chi connectivity index (χ0v) is 21.2. The van der Waals surface area contributed by atoms with Crippen LogP contribution in [0.5, 0.6) is 5.75 Å². The van der Waals surface area contributed by atoms with Gasteiger partial charge in [-0.05, 0) is 68.8 Å². The summed E-state index contributed by atoms with van der Waals surface area (Å²) in [6.07, 6.45) is 0. The molecule has 0 fully saturated rings. The number of para-hydroxylation sites is 1. The van der Waals surface area contributed by atoms with Crippen LogP contribution in [-0.2, 0) is 5.41 Å². The summed E-state index contributed by atoms with van der Waals surface area (Å²) in [6.45, 7) is 0. The quantitative estimate of drug-likeness (QED) is 0.254. The molecule has 0 bridgehead atoms. The number of nitrogens with one attached hydrogen (secondary N) is 1. The molecule has 0 amide bonds. The molecule has 184 valence electrons. The molecule has 0 radical (unpaired) electrons. The normalized spacial score (nSPS) is 13.4. The number of hydrogen-bond donors (Lipinski definition) is 2. The molecule has 2 aliphatic carbocycles. The second kappa shape index (κ2) is 8.21. The maximum atomic E-state index is 11.9. The number of aromatic hydroxyl groups is 1. The molecule has 0 aromatic heterocycles. The van der Waals surface area contributed by atoms with E-state index in [1.165, 1.54) is 27.8 Å². The first kappa shape index (κ1) is 22.0. The minimum atomic E-state index is -0.515. The standard InChI is InChI=1S/C37H25NO/c39-36-27(24-11-3-1-4-12-24)21-22-33-35(36)30-20-19-26(38-25-13-5-2-6-14-25)23-34(30)37(33)31-17-9-7-15-28(31)29-16-8-10-18-32(29)37/h1-23,38-39H. The minimum Gasteiger partial charge on any atom is -0.507 e. The van der Waals surface area contributed by atoms with Gasteiger partial charge in [-0.1, -0.05) is 115 Å². The van der Waals surface area contributed by atoms with Crippen LogP contribution in [0, 0.1) is 0 Å². The van der Waals surface area contributed by atoms with Crippen molar-refractivity contribution >= 4 is 11.4 Å². The summed E-state index contributed by atoms with van der Waals surface area (Å²) in [5.74, 6) is 0.336. The summed E-state index contributed by atoms with van der Waals surface area (Å²) < 4.78 is 0. The minimum absolute atomic E-state index is 0.336. The predicted octanol–water partition coefficient (Wildman–Crippen LogP) is 9.15. The van der Waals surface area contributed by atoms with Crippen molar-refractivity contribution in [2.45, 2.75) is 5.41 Å². The molecule has 0 heterocycles. The van der Waals surface area contributed by atoms with E-state index in [1.54, 1.807) is 0 Å². The van der Waals surface area contributed by atoms with Crippen LogP contribution in [0.2, 0.25) is 0 Å². The third-order valence-corrected chi connectivity index (χ3v) is 8.37. The van der Waals surface area contributed by atoms with Gasteiger partial charge in [-0.25, -0.2) is 0 Å². The third kappa shape index (κ3) is 2.97. The topological polar surface area (TPSA) is 32.3 Å². The third-order valence-electron chi connectivity index (χ3n) is 8.37. The zero-order chi connectivity index (χ0) is 26.0. The Labute approximate surface area is 227 Å². The van der Waals surface area contributed by atoms with E-state index in [4.69, 9.17) is 0 Å². The number of phenols is 1. The lowest BCUT2D eigenvalue weighted by atomic mass is 9.70. The number of benzene rings is 6. The Morgan fingerprint density at radius 1 is 0.436 bits per heavy atom. The number of anilines is 2. The molecule has 2 aliphatic rings. The van der Waals surface area contributed by atoms with E-state index >= 15 is 0 Å². The Balaban J connectivity index is 1.46. The van der Waals surface area contributed by atoms with Crippen molar-refractivity contribution in [2.24, 2.45) is 0 Å². The molecule has 0 unspecified atom stereocenters. The van der Waals surface area contributed by atoms with Gasteiger partial charge >= 0.3 is 0 Å². The molecule has 2 N–H and O–H groups in total. The largest absolute Gasteiger partial charge is 0.507 e. The Morgan fingerprint density at radius 2 is 1.03 bits per heavy atom. The van der Waals surface area contributed by atoms with Gasteiger partial charge in [-0.2, -0.15) is 0 Å². The SMILES string of the molecule is Oc1c(-c2ccccc2)ccc2c1-c1ccc(Nc3ccccc3)cc1C21c2ccccc2-c2ccccc21. The van der Waals surface area contributed by atoms with Gasteiger partial charge in [-0.15, -0.1) is 0 Å². The van der Waals surface area contributed by atoms with Crippen LogP contribution >= 0.6 is 0 Å². The van der Waals surface area contributed by atoms with E-state index in [0.29, 0.717) is 5.75 Å². The summed E-state index contributed by atoms with van der Waals surface area (Å²) in [4.78, 5) is 0. The number of hydrogen-bond acceptors (Lipinski definition) is 2. The molecule has 2 nitrogen and oxygen atoms in total. The average Bonchev–Trinajstić information content (AvgIpc) is 3.46. The van der Waals surface area contributed by atoms with Gasteiger partial charge in [0.2, 0.25) is 0 Å². The average molecular weight is 500 g/mol. The van der Waals surface area contributed by atoms with Crippen molar-refractivity contribution in [1.29, 1.82) is 0 Å². The second-order valence-electron chi connectivity index (χ2n) is 10.3. The number of phenolic OH excluding ortho intramolecular Hbond substituents is 1. The Kier molecular flexibility index (Phi) is 4.62. The molecule has 8 rings (SSSR count). The lowest BCUT2D eigenvalue weighted by Crippen LogP contribution is -2.25. The van der Waals surface area contributed by atoms with Gasteiger partial charge in [0.1, 0.15) is 5.75 Å². The molecule has 1 spiro atoms. The highest BCUT2D eigenvalue weighted by Gasteiger charge is 2.52. The van der Waals surface area contributed by atoms with Crippen LogP contribution in [0.15, 0.2) is 140 Å². The molecule has 0 aliphatic heterocycles. The van der Waals surface area contributed by atoms with Crippen LogP contribution < -0.4 is 5.32 Å². The van der Waals surface area contributed by atoms with E-state index in [9.17, 15) is 5.11 Å². The van der Waals surface area contributed by atoms with Crippen molar-refractivity contribution < 1.29 is 5.11 Å². The molecule has 6 aromatic rings. The smallest absolute Gasteiger partial charge is 0.131 e. The van der Waals surface area contributed by atoms with E-state index in [-0.39, 0.29) is 0 Å². The van der Waals surface area contributed by atoms with Crippen LogP contribution in [-0.4, -0.2) is 5.11 Å². The van der Waals surface area contributed by atoms with E-state index in [2.05, 4.69) is 108 Å². The van der Waals surface area contributed by atoms with Gasteiger partial charge in [-0.3, -0.25) is 0 Å². The first-order valence-electron chi connectivity index (χ1n) is 13.3. The Hall–Kier alpha value is -5.08. The van der Waals surface area contributed by atoms with E-state index in [1.807, 2.05) is 36.4 Å². The lowest BCUT2D eigenvalue weighted by molar-refractivity contribution is 0.479. The first-order chi connectivity index (χ1) is 19.3. The highest BCUT2D eigenvalue weighted by atomic mass is 16.3. The lowest BCUT2D eigenvalue weighted by Gasteiger charge is -2.31. The molecule has 2 heteroatoms. The van der Waals surface area contributed by atoms with Gasteiger partial charge in [0, 0.05) is 22.5 Å². The molecule has 0 atom stereocenters. The van der Waals surface area contributed by atoms with Gasteiger partial charge in [0.15, 0.2) is 0 Å². The number of rotatable bonds is 3. The van der Waals surface area contributed by atoms with Crippen LogP contribution in [0.1, 0.15) is 22.3 Å². The molecule has 39 heavy (non-hydrogen) atoms. The van der Waals surface area contributed by atoms with Gasteiger partial charge in [0.05, 0.1) is 5.41 Å². The molecule has 0 saturated heterocycles. The van der Waals surface area contributed by atoms with Crippen molar-refractivity contribution in [3.05, 3.63) is 162 Å². The fourth-order valence-corrected chi connectivity index (χ4v) is 6.83. The summed E-state index contributed by atoms with van der Waals surface area (Å²) in [5.41, 5.74) is 12.7. The maximum absolute atomic E-state index is 11.9. The predicted molar refractivity (Wildman–Crippen MR) is 160 cm³/mol. The summed E-state index contributed by atoms with van der Waals surface area (Å²) >= 11 is 0. The summed E-state index contributed by atoms with van der Waals surface area (Å²) in [5, 5.41) is 15.5. The Bertz CT molecular complexity index is 1840. The second-order valence-corrected chi connectivity index (χ2v) is 10.3. The van der Waals surface area contributed by atoms with Crippen LogP contribution in [0.4, 0.5) is 11.4 Å². The first-order valence-corrected chi connectivity index (χ1v) is 13.3. The van der Waals surface area contributed by atoms with Crippen molar-refractivity contribution in [1.82, 2.24) is 0 Å². The number of fused-ring (bicyclic) bond motifs is 10. The molecule has 6 aromatic carbocycles. The van der Waals surface area contributed by atoms with Crippen LogP contribution in [0.25, 0.3) is 33.4 Å². The zero-order valence-electron chi connectivity index (χ0n) is 21.2. The van der Waals surface area contributed by atoms with Crippen LogP contribution in [0.3, 0.4) is 0 Å². The fraction of sp³-hybridized carbons (Fsp3) is 0.0270. The molecular formula is C37H25NO. The Morgan fingerprint density at radius 3 is 1.72 bits per heavy atom. The summed E-state index contributed by atoms with van der Waals surface area (Å²) in [6, 6.07) is 48.8. The van der Waals surface area contributed by atoms with Crippen molar-refractivity contribution in [2.75, 3.05) is 5.32 Å². The maximum Gasteiger partial charge on any atom is 0.131 e.